The molecule has 4 rings (SSSR count). The molecular formula is C31H32N2O6. The Morgan fingerprint density at radius 2 is 1.54 bits per heavy atom. The van der Waals surface area contributed by atoms with E-state index in [2.05, 4.69) is 5.32 Å². The summed E-state index contributed by atoms with van der Waals surface area (Å²) >= 11 is 0. The predicted octanol–water partition coefficient (Wildman–Crippen LogP) is 5.11. The molecule has 4 aromatic carbocycles. The average Bonchev–Trinajstić information content (AvgIpc) is 2.97. The second-order valence-electron chi connectivity index (χ2n) is 9.14. The smallest absolute Gasteiger partial charge is 0.251 e. The molecule has 0 saturated carbocycles. The molecule has 0 fully saturated rings. The van der Waals surface area contributed by atoms with Gasteiger partial charge in [0.25, 0.3) is 5.91 Å². The van der Waals surface area contributed by atoms with Crippen molar-refractivity contribution >= 4 is 22.6 Å². The molecular weight excluding hydrogens is 496 g/mol. The SMILES string of the molecule is COCOCC(CC(Cc1cccc2ccccc12)C(=O)NO)NC(=O)c1ccc(Oc2ccccc2)cc1. The monoisotopic (exact) mass is 528 g/mol. The summed E-state index contributed by atoms with van der Waals surface area (Å²) in [4.78, 5) is 25.8. The molecule has 4 aromatic rings. The molecule has 0 radical (unpaired) electrons. The molecule has 8 nitrogen and oxygen atoms in total. The van der Waals surface area contributed by atoms with Crippen molar-refractivity contribution in [2.75, 3.05) is 20.5 Å². The first kappa shape index (κ1) is 27.8. The summed E-state index contributed by atoms with van der Waals surface area (Å²) in [5, 5.41) is 14.5. The van der Waals surface area contributed by atoms with Crippen LogP contribution < -0.4 is 15.5 Å². The number of para-hydroxylation sites is 1. The highest BCUT2D eigenvalue weighted by atomic mass is 16.7. The zero-order valence-electron chi connectivity index (χ0n) is 21.7. The lowest BCUT2D eigenvalue weighted by Gasteiger charge is -2.24. The van der Waals surface area contributed by atoms with E-state index in [0.717, 1.165) is 16.3 Å². The summed E-state index contributed by atoms with van der Waals surface area (Å²) in [6, 6.07) is 29.5. The van der Waals surface area contributed by atoms with Crippen LogP contribution in [0.1, 0.15) is 22.3 Å². The number of rotatable bonds is 13. The molecule has 0 spiro atoms. The lowest BCUT2D eigenvalue weighted by atomic mass is 9.89. The highest BCUT2D eigenvalue weighted by Gasteiger charge is 2.26. The number of hydroxylamine groups is 1. The van der Waals surface area contributed by atoms with Gasteiger partial charge in [0.15, 0.2) is 0 Å². The summed E-state index contributed by atoms with van der Waals surface area (Å²) in [6.07, 6.45) is 0.607. The van der Waals surface area contributed by atoms with E-state index < -0.39 is 17.9 Å². The van der Waals surface area contributed by atoms with Crippen LogP contribution in [-0.4, -0.2) is 43.6 Å². The molecule has 0 aliphatic heterocycles. The number of carbonyl (C=O) groups is 2. The standard InChI is InChI=1S/C31H32N2O6/c1-37-21-38-20-26(32-30(34)23-14-16-28(17-15-23)39-27-11-3-2-4-12-27)19-25(31(35)33-36)18-24-10-7-9-22-8-5-6-13-29(22)24/h2-17,25-26,36H,18-21H2,1H3,(H,32,34)(H,33,35). The van der Waals surface area contributed by atoms with Crippen LogP contribution in [-0.2, 0) is 20.7 Å². The van der Waals surface area contributed by atoms with E-state index in [1.165, 1.54) is 7.11 Å². The van der Waals surface area contributed by atoms with Crippen LogP contribution in [0.5, 0.6) is 11.5 Å². The number of carbonyl (C=O) groups excluding carboxylic acids is 2. The zero-order chi connectivity index (χ0) is 27.5. The quantitative estimate of drug-likeness (QED) is 0.0964. The topological polar surface area (TPSA) is 106 Å². The molecule has 3 N–H and O–H groups in total. The van der Waals surface area contributed by atoms with Crippen molar-refractivity contribution in [3.8, 4) is 11.5 Å². The molecule has 0 aliphatic carbocycles. The maximum atomic E-state index is 13.1. The van der Waals surface area contributed by atoms with Crippen molar-refractivity contribution in [3.63, 3.8) is 0 Å². The Hall–Kier alpha value is -4.24. The largest absolute Gasteiger partial charge is 0.457 e. The first-order chi connectivity index (χ1) is 19.1. The molecule has 0 saturated heterocycles. The number of hydrogen-bond acceptors (Lipinski definition) is 6. The first-order valence-electron chi connectivity index (χ1n) is 12.7. The lowest BCUT2D eigenvalue weighted by molar-refractivity contribution is -0.134. The van der Waals surface area contributed by atoms with Crippen molar-refractivity contribution in [1.82, 2.24) is 10.8 Å². The number of methoxy groups -OCH3 is 1. The molecule has 2 unspecified atom stereocenters. The highest BCUT2D eigenvalue weighted by Crippen LogP contribution is 2.24. The second kappa shape index (κ2) is 14.1. The van der Waals surface area contributed by atoms with Crippen molar-refractivity contribution in [2.24, 2.45) is 5.92 Å². The van der Waals surface area contributed by atoms with Crippen molar-refractivity contribution in [3.05, 3.63) is 108 Å². The van der Waals surface area contributed by atoms with Crippen LogP contribution in [0, 0.1) is 5.92 Å². The highest BCUT2D eigenvalue weighted by molar-refractivity contribution is 5.94. The molecule has 0 aromatic heterocycles. The van der Waals surface area contributed by atoms with Gasteiger partial charge < -0.3 is 19.5 Å². The van der Waals surface area contributed by atoms with Gasteiger partial charge in [0.05, 0.1) is 12.6 Å². The van der Waals surface area contributed by atoms with Gasteiger partial charge in [-0.1, -0.05) is 60.7 Å². The Balaban J connectivity index is 1.47. The van der Waals surface area contributed by atoms with Gasteiger partial charge in [0.2, 0.25) is 5.91 Å². The minimum absolute atomic E-state index is 0.0398. The van der Waals surface area contributed by atoms with Crippen LogP contribution >= 0.6 is 0 Å². The maximum absolute atomic E-state index is 13.1. The second-order valence-corrected chi connectivity index (χ2v) is 9.14. The number of fused-ring (bicyclic) bond motifs is 1. The van der Waals surface area contributed by atoms with E-state index >= 15 is 0 Å². The molecule has 8 heteroatoms. The minimum Gasteiger partial charge on any atom is -0.457 e. The predicted molar refractivity (Wildman–Crippen MR) is 148 cm³/mol. The Kier molecular flexibility index (Phi) is 10.0. The number of hydrogen-bond donors (Lipinski definition) is 3. The van der Waals surface area contributed by atoms with Gasteiger partial charge in [0.1, 0.15) is 18.3 Å². The fourth-order valence-electron chi connectivity index (χ4n) is 4.46. The number of amides is 2. The summed E-state index contributed by atoms with van der Waals surface area (Å²) in [5.41, 5.74) is 3.19. The molecule has 2 atom stereocenters. The maximum Gasteiger partial charge on any atom is 0.251 e. The Morgan fingerprint density at radius 1 is 0.846 bits per heavy atom. The normalized spacial score (nSPS) is 12.5. The van der Waals surface area contributed by atoms with E-state index in [-0.39, 0.29) is 25.7 Å². The van der Waals surface area contributed by atoms with Crippen LogP contribution in [0.15, 0.2) is 97.1 Å². The van der Waals surface area contributed by atoms with Crippen LogP contribution in [0.4, 0.5) is 0 Å². The fraction of sp³-hybridized carbons (Fsp3) is 0.226. The number of benzene rings is 4. The zero-order valence-corrected chi connectivity index (χ0v) is 21.7. The van der Waals surface area contributed by atoms with Gasteiger partial charge in [-0.2, -0.15) is 0 Å². The van der Waals surface area contributed by atoms with Crippen LogP contribution in [0.25, 0.3) is 10.8 Å². The van der Waals surface area contributed by atoms with E-state index in [9.17, 15) is 14.8 Å². The Labute approximate surface area is 227 Å². The van der Waals surface area contributed by atoms with E-state index in [1.54, 1.807) is 29.7 Å². The van der Waals surface area contributed by atoms with Gasteiger partial charge in [-0.25, -0.2) is 5.48 Å². The van der Waals surface area contributed by atoms with E-state index in [4.69, 9.17) is 14.2 Å². The molecule has 39 heavy (non-hydrogen) atoms. The molecule has 0 bridgehead atoms. The van der Waals surface area contributed by atoms with Gasteiger partial charge in [-0.15, -0.1) is 0 Å². The van der Waals surface area contributed by atoms with Crippen molar-refractivity contribution in [2.45, 2.75) is 18.9 Å². The van der Waals surface area contributed by atoms with Gasteiger partial charge in [0, 0.05) is 18.6 Å². The summed E-state index contributed by atoms with van der Waals surface area (Å²) in [6.45, 7) is 0.164. The third-order valence-corrected chi connectivity index (χ3v) is 6.35. The van der Waals surface area contributed by atoms with Crippen molar-refractivity contribution in [1.29, 1.82) is 0 Å². The molecule has 0 aliphatic rings. The third kappa shape index (κ3) is 7.87. The lowest BCUT2D eigenvalue weighted by Crippen LogP contribution is -2.42. The molecule has 2 amide bonds. The molecule has 0 heterocycles. The minimum atomic E-state index is -0.626. The first-order valence-corrected chi connectivity index (χ1v) is 12.7. The molecule has 202 valence electrons. The summed E-state index contributed by atoms with van der Waals surface area (Å²) in [5.74, 6) is -0.173. The van der Waals surface area contributed by atoms with Gasteiger partial charge in [-0.05, 0) is 65.6 Å². The summed E-state index contributed by atoms with van der Waals surface area (Å²) < 4.78 is 16.3. The van der Waals surface area contributed by atoms with Gasteiger partial charge in [-0.3, -0.25) is 14.8 Å². The van der Waals surface area contributed by atoms with Crippen LogP contribution in [0.2, 0.25) is 0 Å². The average molecular weight is 529 g/mol. The third-order valence-electron chi connectivity index (χ3n) is 6.35. The van der Waals surface area contributed by atoms with E-state index in [0.29, 0.717) is 23.5 Å². The van der Waals surface area contributed by atoms with Gasteiger partial charge >= 0.3 is 0 Å². The number of ether oxygens (including phenoxy) is 3. The van der Waals surface area contributed by atoms with E-state index in [1.807, 2.05) is 72.8 Å². The van der Waals surface area contributed by atoms with Crippen LogP contribution in [0.3, 0.4) is 0 Å². The number of nitrogens with one attached hydrogen (secondary N) is 2. The Bertz CT molecular complexity index is 1360. The van der Waals surface area contributed by atoms with Crippen molar-refractivity contribution < 1.29 is 29.0 Å². The summed E-state index contributed by atoms with van der Waals surface area (Å²) in [7, 11) is 1.51. The Morgan fingerprint density at radius 3 is 2.28 bits per heavy atom. The fourth-order valence-corrected chi connectivity index (χ4v) is 4.46.